The summed E-state index contributed by atoms with van der Waals surface area (Å²) in [7, 11) is 0. The highest BCUT2D eigenvalue weighted by atomic mass is 32.2. The maximum absolute atomic E-state index is 14.7. The van der Waals surface area contributed by atoms with Crippen LogP contribution in [-0.2, 0) is 14.4 Å². The monoisotopic (exact) mass is 473 g/mol. The molecular formula is C24H25F2N3O3S. The minimum Gasteiger partial charge on any atom is -0.493 e. The van der Waals surface area contributed by atoms with Crippen molar-refractivity contribution in [3.05, 3.63) is 65.2 Å². The zero-order valence-corrected chi connectivity index (χ0v) is 19.1. The van der Waals surface area contributed by atoms with Crippen molar-refractivity contribution in [1.29, 1.82) is 0 Å². The standard InChI is InChI=1S/C24H25F2N3O3S/c1-16(30)29-24(33-23(27-29)19-14-18(25)6-7-21(19)26)17(8-9-28-10-12-31-13-11-28)15-32-22-5-3-2-4-20(22)24/h2-7,14,17H,8-13,15H2,1H3/t17-,24+/m1/s1. The first-order valence-electron chi connectivity index (χ1n) is 11.1. The van der Waals surface area contributed by atoms with E-state index in [0.717, 1.165) is 49.8 Å². The first-order valence-corrected chi connectivity index (χ1v) is 11.9. The van der Waals surface area contributed by atoms with Crippen molar-refractivity contribution in [1.82, 2.24) is 9.91 Å². The van der Waals surface area contributed by atoms with E-state index in [0.29, 0.717) is 25.6 Å². The van der Waals surface area contributed by atoms with Gasteiger partial charge in [0.1, 0.15) is 22.4 Å². The summed E-state index contributed by atoms with van der Waals surface area (Å²) in [6.45, 7) is 5.79. The topological polar surface area (TPSA) is 54.4 Å². The Balaban J connectivity index is 1.55. The van der Waals surface area contributed by atoms with E-state index in [1.165, 1.54) is 23.7 Å². The summed E-state index contributed by atoms with van der Waals surface area (Å²) >= 11 is 1.31. The van der Waals surface area contributed by atoms with E-state index in [4.69, 9.17) is 9.47 Å². The molecule has 0 N–H and O–H groups in total. The summed E-state index contributed by atoms with van der Waals surface area (Å²) in [5.74, 6) is -0.825. The maximum atomic E-state index is 14.7. The number of rotatable bonds is 4. The molecule has 5 rings (SSSR count). The molecule has 0 unspecified atom stereocenters. The second-order valence-electron chi connectivity index (χ2n) is 8.41. The Bertz CT molecular complexity index is 1090. The average molecular weight is 474 g/mol. The number of fused-ring (bicyclic) bond motifs is 2. The second kappa shape index (κ2) is 9.04. The summed E-state index contributed by atoms with van der Waals surface area (Å²) in [4.78, 5) is 14.3. The van der Waals surface area contributed by atoms with Crippen LogP contribution in [0.25, 0.3) is 0 Å². The van der Waals surface area contributed by atoms with Crippen molar-refractivity contribution in [3.63, 3.8) is 0 Å². The number of nitrogens with zero attached hydrogens (tertiary/aromatic N) is 3. The van der Waals surface area contributed by atoms with Crippen LogP contribution in [0.5, 0.6) is 5.75 Å². The zero-order chi connectivity index (χ0) is 23.0. The molecule has 3 heterocycles. The highest BCUT2D eigenvalue weighted by Gasteiger charge is 2.56. The smallest absolute Gasteiger partial charge is 0.241 e. The Morgan fingerprint density at radius 3 is 2.79 bits per heavy atom. The number of benzene rings is 2. The molecule has 0 radical (unpaired) electrons. The fraction of sp³-hybridized carbons (Fsp3) is 0.417. The number of hydrazone groups is 1. The highest BCUT2D eigenvalue weighted by Crippen LogP contribution is 2.57. The van der Waals surface area contributed by atoms with Crippen LogP contribution in [0.3, 0.4) is 0 Å². The van der Waals surface area contributed by atoms with Crippen LogP contribution in [0.4, 0.5) is 8.78 Å². The van der Waals surface area contributed by atoms with E-state index >= 15 is 0 Å². The lowest BCUT2D eigenvalue weighted by atomic mass is 9.86. The third-order valence-corrected chi connectivity index (χ3v) is 7.91. The van der Waals surface area contributed by atoms with E-state index in [-0.39, 0.29) is 22.4 Å². The van der Waals surface area contributed by atoms with Crippen molar-refractivity contribution >= 4 is 22.7 Å². The Morgan fingerprint density at radius 2 is 2.00 bits per heavy atom. The molecular weight excluding hydrogens is 448 g/mol. The SMILES string of the molecule is CC(=O)N1N=C(c2cc(F)ccc2F)S[C@@]12c1ccccc1OC[C@H]2CCN1CCOCC1. The summed E-state index contributed by atoms with van der Waals surface area (Å²) in [5, 5.41) is 6.28. The number of carbonyl (C=O) groups excluding carboxylic acids is 1. The summed E-state index contributed by atoms with van der Waals surface area (Å²) in [5.41, 5.74) is 0.873. The molecule has 0 aliphatic carbocycles. The Kier molecular flexibility index (Phi) is 6.11. The van der Waals surface area contributed by atoms with Gasteiger partial charge in [0, 0.05) is 37.1 Å². The molecule has 1 spiro atoms. The summed E-state index contributed by atoms with van der Waals surface area (Å²) < 4.78 is 40.2. The third-order valence-electron chi connectivity index (χ3n) is 6.38. The predicted octanol–water partition coefficient (Wildman–Crippen LogP) is 3.81. The predicted molar refractivity (Wildman–Crippen MR) is 122 cm³/mol. The number of carbonyl (C=O) groups is 1. The molecule has 3 aliphatic rings. The summed E-state index contributed by atoms with van der Waals surface area (Å²) in [6, 6.07) is 10.9. The number of amides is 1. The van der Waals surface area contributed by atoms with Crippen molar-refractivity contribution in [2.24, 2.45) is 11.0 Å². The molecule has 0 aromatic heterocycles. The minimum atomic E-state index is -0.902. The highest BCUT2D eigenvalue weighted by molar-refractivity contribution is 8.15. The fourth-order valence-corrected chi connectivity index (χ4v) is 6.30. The number of ether oxygens (including phenoxy) is 2. The van der Waals surface area contributed by atoms with E-state index in [1.54, 1.807) is 0 Å². The van der Waals surface area contributed by atoms with Crippen LogP contribution in [-0.4, -0.2) is 60.3 Å². The van der Waals surface area contributed by atoms with E-state index < -0.39 is 16.5 Å². The molecule has 1 amide bonds. The lowest BCUT2D eigenvalue weighted by Crippen LogP contribution is -2.51. The Labute approximate surface area is 195 Å². The third kappa shape index (κ3) is 4.02. The molecule has 6 nitrogen and oxygen atoms in total. The largest absolute Gasteiger partial charge is 0.493 e. The van der Waals surface area contributed by atoms with Crippen molar-refractivity contribution < 1.29 is 23.0 Å². The number of hydrogen-bond acceptors (Lipinski definition) is 6. The number of thioether (sulfide) groups is 1. The number of hydrogen-bond donors (Lipinski definition) is 0. The van der Waals surface area contributed by atoms with E-state index in [2.05, 4.69) is 10.0 Å². The number of para-hydroxylation sites is 1. The maximum Gasteiger partial charge on any atom is 0.241 e. The van der Waals surface area contributed by atoms with Gasteiger partial charge in [-0.15, -0.1) is 0 Å². The average Bonchev–Trinajstić information content (AvgIpc) is 3.22. The molecule has 9 heteroatoms. The van der Waals surface area contributed by atoms with Gasteiger partial charge < -0.3 is 9.47 Å². The zero-order valence-electron chi connectivity index (χ0n) is 18.3. The van der Waals surface area contributed by atoms with Crippen LogP contribution in [0.2, 0.25) is 0 Å². The molecule has 0 bridgehead atoms. The molecule has 174 valence electrons. The van der Waals surface area contributed by atoms with Crippen LogP contribution >= 0.6 is 11.8 Å². The van der Waals surface area contributed by atoms with Gasteiger partial charge >= 0.3 is 0 Å². The first-order chi connectivity index (χ1) is 16.0. The number of halogens is 2. The molecule has 1 saturated heterocycles. The minimum absolute atomic E-state index is 0.0547. The van der Waals surface area contributed by atoms with Gasteiger partial charge in [0.15, 0.2) is 4.87 Å². The van der Waals surface area contributed by atoms with Gasteiger partial charge in [0.05, 0.1) is 19.8 Å². The quantitative estimate of drug-likeness (QED) is 0.676. The molecule has 2 aromatic rings. The lowest BCUT2D eigenvalue weighted by molar-refractivity contribution is -0.134. The van der Waals surface area contributed by atoms with Gasteiger partial charge in [0.25, 0.3) is 0 Å². The van der Waals surface area contributed by atoms with Crippen LogP contribution in [0, 0.1) is 17.6 Å². The Hall–Kier alpha value is -2.49. The molecule has 3 aliphatic heterocycles. The van der Waals surface area contributed by atoms with Crippen LogP contribution in [0.15, 0.2) is 47.6 Å². The van der Waals surface area contributed by atoms with Gasteiger partial charge in [0.2, 0.25) is 5.91 Å². The van der Waals surface area contributed by atoms with Crippen LogP contribution in [0.1, 0.15) is 24.5 Å². The van der Waals surface area contributed by atoms with Gasteiger partial charge in [-0.25, -0.2) is 13.8 Å². The van der Waals surface area contributed by atoms with E-state index in [1.807, 2.05) is 24.3 Å². The number of morpholine rings is 1. The first kappa shape index (κ1) is 22.3. The van der Waals surface area contributed by atoms with Gasteiger partial charge in [-0.1, -0.05) is 30.0 Å². The normalized spacial score (nSPS) is 25.0. The summed E-state index contributed by atoms with van der Waals surface area (Å²) in [6.07, 6.45) is 0.750. The van der Waals surface area contributed by atoms with Crippen molar-refractivity contribution in [3.8, 4) is 5.75 Å². The Morgan fingerprint density at radius 1 is 1.21 bits per heavy atom. The van der Waals surface area contributed by atoms with Gasteiger partial charge in [-0.2, -0.15) is 5.10 Å². The van der Waals surface area contributed by atoms with Crippen molar-refractivity contribution in [2.75, 3.05) is 39.5 Å². The van der Waals surface area contributed by atoms with E-state index in [9.17, 15) is 13.6 Å². The lowest BCUT2D eigenvalue weighted by Gasteiger charge is -2.45. The molecule has 1 fully saturated rings. The molecule has 2 atom stereocenters. The second-order valence-corrected chi connectivity index (χ2v) is 9.62. The molecule has 33 heavy (non-hydrogen) atoms. The molecule has 2 aromatic carbocycles. The van der Waals surface area contributed by atoms with Crippen LogP contribution < -0.4 is 4.74 Å². The fourth-order valence-electron chi connectivity index (χ4n) is 4.73. The van der Waals surface area contributed by atoms with Gasteiger partial charge in [-0.3, -0.25) is 9.69 Å². The van der Waals surface area contributed by atoms with Gasteiger partial charge in [-0.05, 0) is 37.2 Å². The molecule has 0 saturated carbocycles. The van der Waals surface area contributed by atoms with Crippen molar-refractivity contribution in [2.45, 2.75) is 18.2 Å².